The molecule has 0 saturated carbocycles. The van der Waals surface area contributed by atoms with Crippen LogP contribution in [0.15, 0.2) is 18.2 Å². The topological polar surface area (TPSA) is 41.9 Å². The number of hydrogen-bond acceptors (Lipinski definition) is 4. The quantitative estimate of drug-likeness (QED) is 0.871. The van der Waals surface area contributed by atoms with Gasteiger partial charge in [0.05, 0.1) is 13.7 Å². The summed E-state index contributed by atoms with van der Waals surface area (Å²) in [7, 11) is 1.42. The van der Waals surface area contributed by atoms with E-state index in [-0.39, 0.29) is 18.4 Å². The number of rotatable bonds is 6. The van der Waals surface area contributed by atoms with E-state index in [1.54, 1.807) is 18.2 Å². The fourth-order valence-electron chi connectivity index (χ4n) is 2.60. The molecule has 1 atom stereocenters. The van der Waals surface area contributed by atoms with Crippen LogP contribution in [0.3, 0.4) is 0 Å². The van der Waals surface area contributed by atoms with Crippen LogP contribution in [0.4, 0.5) is 8.78 Å². The van der Waals surface area contributed by atoms with Crippen molar-refractivity contribution in [1.82, 2.24) is 4.90 Å². The molecular weight excluding hydrogens is 268 g/mol. The molecule has 20 heavy (non-hydrogen) atoms. The Morgan fingerprint density at radius 1 is 1.45 bits per heavy atom. The molecule has 1 aliphatic rings. The molecule has 4 nitrogen and oxygen atoms in total. The summed E-state index contributed by atoms with van der Waals surface area (Å²) < 4.78 is 34.8. The summed E-state index contributed by atoms with van der Waals surface area (Å²) in [6.07, 6.45) is 1.92. The summed E-state index contributed by atoms with van der Waals surface area (Å²) >= 11 is 0. The van der Waals surface area contributed by atoms with E-state index in [1.165, 1.54) is 7.11 Å². The number of methoxy groups -OCH3 is 1. The number of benzene rings is 1. The van der Waals surface area contributed by atoms with Crippen LogP contribution >= 0.6 is 0 Å². The molecule has 0 radical (unpaired) electrons. The molecule has 0 aliphatic carbocycles. The molecule has 0 unspecified atom stereocenters. The van der Waals surface area contributed by atoms with Gasteiger partial charge in [-0.2, -0.15) is 8.78 Å². The van der Waals surface area contributed by atoms with Crippen LogP contribution in [0.1, 0.15) is 18.4 Å². The van der Waals surface area contributed by atoms with Gasteiger partial charge in [0, 0.05) is 18.2 Å². The molecule has 6 heteroatoms. The van der Waals surface area contributed by atoms with Crippen molar-refractivity contribution in [2.45, 2.75) is 32.0 Å². The summed E-state index contributed by atoms with van der Waals surface area (Å²) in [4.78, 5) is 2.08. The van der Waals surface area contributed by atoms with Crippen molar-refractivity contribution in [3.63, 3.8) is 0 Å². The molecule has 1 fully saturated rings. The molecular formula is C14H19F2NO3. The second kappa shape index (κ2) is 6.85. The molecule has 0 spiro atoms. The number of likely N-dealkylation sites (tertiary alicyclic amines) is 1. The second-order valence-electron chi connectivity index (χ2n) is 4.78. The van der Waals surface area contributed by atoms with Crippen molar-refractivity contribution in [3.05, 3.63) is 23.8 Å². The van der Waals surface area contributed by atoms with Crippen molar-refractivity contribution < 1.29 is 23.4 Å². The maximum Gasteiger partial charge on any atom is 0.387 e. The fourth-order valence-corrected chi connectivity index (χ4v) is 2.60. The van der Waals surface area contributed by atoms with Crippen LogP contribution in [0.5, 0.6) is 11.5 Å². The van der Waals surface area contributed by atoms with Crippen molar-refractivity contribution in [2.75, 3.05) is 20.3 Å². The number of alkyl halides is 2. The third-order valence-electron chi connectivity index (χ3n) is 3.57. The van der Waals surface area contributed by atoms with Gasteiger partial charge in [0.2, 0.25) is 0 Å². The lowest BCUT2D eigenvalue weighted by atomic mass is 10.1. The van der Waals surface area contributed by atoms with Crippen LogP contribution in [-0.4, -0.2) is 42.9 Å². The first-order valence-electron chi connectivity index (χ1n) is 6.61. The highest BCUT2D eigenvalue weighted by Gasteiger charge is 2.25. The van der Waals surface area contributed by atoms with Gasteiger partial charge in [-0.3, -0.25) is 4.90 Å². The van der Waals surface area contributed by atoms with Crippen LogP contribution < -0.4 is 9.47 Å². The number of aliphatic hydroxyl groups is 1. The zero-order valence-corrected chi connectivity index (χ0v) is 11.4. The van der Waals surface area contributed by atoms with Gasteiger partial charge in [0.25, 0.3) is 0 Å². The lowest BCUT2D eigenvalue weighted by Gasteiger charge is -2.24. The van der Waals surface area contributed by atoms with Crippen molar-refractivity contribution in [1.29, 1.82) is 0 Å². The predicted octanol–water partition coefficient (Wildman–Crippen LogP) is 2.25. The van der Waals surface area contributed by atoms with Crippen LogP contribution in [0, 0.1) is 0 Å². The highest BCUT2D eigenvalue weighted by Crippen LogP contribution is 2.34. The Kier molecular flexibility index (Phi) is 5.14. The summed E-state index contributed by atoms with van der Waals surface area (Å²) in [5.74, 6) is 0.371. The van der Waals surface area contributed by atoms with Gasteiger partial charge >= 0.3 is 6.61 Å². The Bertz CT molecular complexity index is 442. The summed E-state index contributed by atoms with van der Waals surface area (Å²) in [5.41, 5.74) is 0.644. The average molecular weight is 287 g/mol. The Labute approximate surface area is 116 Å². The Hall–Kier alpha value is -1.40. The Morgan fingerprint density at radius 3 is 2.90 bits per heavy atom. The minimum Gasteiger partial charge on any atom is -0.493 e. The number of para-hydroxylation sites is 1. The maximum atomic E-state index is 12.5. The molecule has 1 N–H and O–H groups in total. The standard InChI is InChI=1S/C14H19F2NO3/c1-19-12-6-2-4-10(13(12)20-14(15)16)8-17-7-3-5-11(17)9-18/h2,4,6,11,14,18H,3,5,7-9H2,1H3/t11-/m1/s1. The third kappa shape index (κ3) is 3.37. The van der Waals surface area contributed by atoms with Gasteiger partial charge in [0.1, 0.15) is 0 Å². The zero-order valence-electron chi connectivity index (χ0n) is 11.4. The third-order valence-corrected chi connectivity index (χ3v) is 3.57. The van der Waals surface area contributed by atoms with Gasteiger partial charge in [-0.05, 0) is 25.5 Å². The molecule has 1 saturated heterocycles. The second-order valence-corrected chi connectivity index (χ2v) is 4.78. The zero-order chi connectivity index (χ0) is 14.5. The molecule has 0 amide bonds. The molecule has 0 aromatic heterocycles. The van der Waals surface area contributed by atoms with Crippen LogP contribution in [0.25, 0.3) is 0 Å². The van der Waals surface area contributed by atoms with Gasteiger partial charge in [0.15, 0.2) is 11.5 Å². The van der Waals surface area contributed by atoms with Gasteiger partial charge < -0.3 is 14.6 Å². The Balaban J connectivity index is 2.21. The highest BCUT2D eigenvalue weighted by molar-refractivity contribution is 5.46. The normalized spacial score (nSPS) is 19.6. The molecule has 112 valence electrons. The highest BCUT2D eigenvalue weighted by atomic mass is 19.3. The lowest BCUT2D eigenvalue weighted by molar-refractivity contribution is -0.0522. The van der Waals surface area contributed by atoms with E-state index >= 15 is 0 Å². The van der Waals surface area contributed by atoms with E-state index in [4.69, 9.17) is 4.74 Å². The lowest BCUT2D eigenvalue weighted by Crippen LogP contribution is -2.31. The first kappa shape index (κ1) is 15.0. The minimum atomic E-state index is -2.89. The van der Waals surface area contributed by atoms with E-state index in [9.17, 15) is 13.9 Å². The molecule has 1 aromatic carbocycles. The molecule has 1 aromatic rings. The van der Waals surface area contributed by atoms with E-state index in [2.05, 4.69) is 9.64 Å². The molecule has 0 bridgehead atoms. The van der Waals surface area contributed by atoms with E-state index < -0.39 is 6.61 Å². The number of halogens is 2. The monoisotopic (exact) mass is 287 g/mol. The smallest absolute Gasteiger partial charge is 0.387 e. The van der Waals surface area contributed by atoms with Crippen molar-refractivity contribution in [3.8, 4) is 11.5 Å². The Morgan fingerprint density at radius 2 is 2.25 bits per heavy atom. The molecule has 2 rings (SSSR count). The number of aliphatic hydroxyl groups excluding tert-OH is 1. The largest absolute Gasteiger partial charge is 0.493 e. The number of hydrogen-bond donors (Lipinski definition) is 1. The minimum absolute atomic E-state index is 0.0774. The SMILES string of the molecule is COc1cccc(CN2CCC[C@@H]2CO)c1OC(F)F. The van der Waals surface area contributed by atoms with Crippen LogP contribution in [-0.2, 0) is 6.54 Å². The summed E-state index contributed by atoms with van der Waals surface area (Å²) in [5, 5.41) is 9.31. The fraction of sp³-hybridized carbons (Fsp3) is 0.571. The summed E-state index contributed by atoms with van der Waals surface area (Å²) in [6.45, 7) is -1.51. The molecule has 1 aliphatic heterocycles. The van der Waals surface area contributed by atoms with Gasteiger partial charge in [-0.1, -0.05) is 12.1 Å². The predicted molar refractivity (Wildman–Crippen MR) is 70.1 cm³/mol. The summed E-state index contributed by atoms with van der Waals surface area (Å²) in [6, 6.07) is 5.17. The van der Waals surface area contributed by atoms with Crippen molar-refractivity contribution >= 4 is 0 Å². The van der Waals surface area contributed by atoms with E-state index in [0.29, 0.717) is 17.9 Å². The van der Waals surface area contributed by atoms with E-state index in [0.717, 1.165) is 19.4 Å². The number of ether oxygens (including phenoxy) is 2. The maximum absolute atomic E-state index is 12.5. The first-order chi connectivity index (χ1) is 9.65. The first-order valence-corrected chi connectivity index (χ1v) is 6.61. The van der Waals surface area contributed by atoms with Gasteiger partial charge in [-0.15, -0.1) is 0 Å². The van der Waals surface area contributed by atoms with Gasteiger partial charge in [-0.25, -0.2) is 0 Å². The van der Waals surface area contributed by atoms with Crippen molar-refractivity contribution in [2.24, 2.45) is 0 Å². The molecule has 1 heterocycles. The average Bonchev–Trinajstić information content (AvgIpc) is 2.87. The number of nitrogens with zero attached hydrogens (tertiary/aromatic N) is 1. The van der Waals surface area contributed by atoms with Crippen LogP contribution in [0.2, 0.25) is 0 Å². The van der Waals surface area contributed by atoms with E-state index in [1.807, 2.05) is 0 Å².